The molecule has 0 bridgehead atoms. The highest BCUT2D eigenvalue weighted by atomic mass is 19.2. The van der Waals surface area contributed by atoms with E-state index in [4.69, 9.17) is 0 Å². The van der Waals surface area contributed by atoms with Gasteiger partial charge in [-0.25, -0.2) is 9.37 Å². The Labute approximate surface area is 108 Å². The molecule has 0 aromatic carbocycles. The predicted molar refractivity (Wildman–Crippen MR) is 63.2 cm³/mol. The Kier molecular flexibility index (Phi) is 3.55. The van der Waals surface area contributed by atoms with Gasteiger partial charge >= 0.3 is 0 Å². The van der Waals surface area contributed by atoms with Gasteiger partial charge in [-0.1, -0.05) is 0 Å². The highest BCUT2D eigenvalue weighted by Crippen LogP contribution is 2.12. The molecular weight excluding hydrogens is 254 g/mol. The number of rotatable bonds is 3. The van der Waals surface area contributed by atoms with Gasteiger partial charge in [-0.05, 0) is 6.07 Å². The van der Waals surface area contributed by atoms with E-state index in [0.717, 1.165) is 17.8 Å². The minimum absolute atomic E-state index is 0.260. The molecule has 5 nitrogen and oxygen atoms in total. The quantitative estimate of drug-likeness (QED) is 0.788. The van der Waals surface area contributed by atoms with Gasteiger partial charge in [0, 0.05) is 38.6 Å². The smallest absolute Gasteiger partial charge is 0.257 e. The van der Waals surface area contributed by atoms with Crippen LogP contribution in [0.25, 0.3) is 0 Å². The molecule has 7 heteroatoms. The number of hydrogen-bond acceptors (Lipinski definition) is 3. The molecular formula is C12H12F2N4O. The van der Waals surface area contributed by atoms with Gasteiger partial charge in [-0.3, -0.25) is 9.48 Å². The first-order valence-corrected chi connectivity index (χ1v) is 5.52. The fourth-order valence-corrected chi connectivity index (χ4v) is 1.69. The van der Waals surface area contributed by atoms with Gasteiger partial charge < -0.3 is 4.90 Å². The first kappa shape index (κ1) is 13.1. The van der Waals surface area contributed by atoms with Crippen molar-refractivity contribution in [2.24, 2.45) is 7.05 Å². The normalized spacial score (nSPS) is 10.5. The van der Waals surface area contributed by atoms with Gasteiger partial charge in [0.05, 0.1) is 11.8 Å². The molecule has 2 rings (SSSR count). The van der Waals surface area contributed by atoms with Gasteiger partial charge in [0.1, 0.15) is 0 Å². The Balaban J connectivity index is 2.17. The second-order valence-corrected chi connectivity index (χ2v) is 4.15. The van der Waals surface area contributed by atoms with Crippen molar-refractivity contribution in [3.63, 3.8) is 0 Å². The average Bonchev–Trinajstić information content (AvgIpc) is 2.77. The zero-order valence-corrected chi connectivity index (χ0v) is 10.5. The van der Waals surface area contributed by atoms with E-state index < -0.39 is 17.7 Å². The van der Waals surface area contributed by atoms with Crippen LogP contribution in [0.15, 0.2) is 24.7 Å². The van der Waals surface area contributed by atoms with Crippen LogP contribution in [0.2, 0.25) is 0 Å². The minimum Gasteiger partial charge on any atom is -0.337 e. The van der Waals surface area contributed by atoms with Crippen LogP contribution in [0.5, 0.6) is 0 Å². The molecule has 2 heterocycles. The van der Waals surface area contributed by atoms with E-state index in [0.29, 0.717) is 0 Å². The molecule has 0 saturated heterocycles. The van der Waals surface area contributed by atoms with Gasteiger partial charge in [-0.15, -0.1) is 0 Å². The number of carbonyl (C=O) groups is 1. The SMILES string of the molecule is CN(Cc1cnn(C)c1)C(=O)c1ccnc(F)c1F. The molecule has 1 amide bonds. The molecule has 0 atom stereocenters. The fourth-order valence-electron chi connectivity index (χ4n) is 1.69. The van der Waals surface area contributed by atoms with Crippen molar-refractivity contribution in [3.8, 4) is 0 Å². The van der Waals surface area contributed by atoms with Gasteiger partial charge in [-0.2, -0.15) is 9.49 Å². The van der Waals surface area contributed by atoms with E-state index in [1.165, 1.54) is 11.9 Å². The third-order valence-electron chi connectivity index (χ3n) is 2.60. The van der Waals surface area contributed by atoms with E-state index in [9.17, 15) is 13.6 Å². The second-order valence-electron chi connectivity index (χ2n) is 4.15. The molecule has 0 radical (unpaired) electrons. The predicted octanol–water partition coefficient (Wildman–Crippen LogP) is 1.37. The van der Waals surface area contributed by atoms with E-state index in [2.05, 4.69) is 10.1 Å². The lowest BCUT2D eigenvalue weighted by Crippen LogP contribution is -2.27. The summed E-state index contributed by atoms with van der Waals surface area (Å²) in [5, 5.41) is 3.97. The van der Waals surface area contributed by atoms with Crippen LogP contribution < -0.4 is 0 Å². The van der Waals surface area contributed by atoms with Crippen LogP contribution in [0, 0.1) is 11.8 Å². The van der Waals surface area contributed by atoms with Crippen molar-refractivity contribution in [2.45, 2.75) is 6.54 Å². The second kappa shape index (κ2) is 5.13. The molecule has 0 unspecified atom stereocenters. The van der Waals surface area contributed by atoms with Crippen LogP contribution in [0.1, 0.15) is 15.9 Å². The summed E-state index contributed by atoms with van der Waals surface area (Å²) < 4.78 is 28.0. The Morgan fingerprint density at radius 3 is 2.84 bits per heavy atom. The largest absolute Gasteiger partial charge is 0.337 e. The molecule has 19 heavy (non-hydrogen) atoms. The topological polar surface area (TPSA) is 51.0 Å². The van der Waals surface area contributed by atoms with Crippen LogP contribution in [-0.4, -0.2) is 32.6 Å². The lowest BCUT2D eigenvalue weighted by molar-refractivity contribution is 0.0779. The maximum atomic E-state index is 13.5. The summed E-state index contributed by atoms with van der Waals surface area (Å²) in [6.07, 6.45) is 4.41. The molecule has 0 N–H and O–H groups in total. The van der Waals surface area contributed by atoms with Crippen molar-refractivity contribution in [2.75, 3.05) is 7.05 Å². The van der Waals surface area contributed by atoms with Gasteiger partial charge in [0.15, 0.2) is 5.82 Å². The van der Waals surface area contributed by atoms with Gasteiger partial charge in [0.25, 0.3) is 5.91 Å². The fraction of sp³-hybridized carbons (Fsp3) is 0.250. The molecule has 2 aromatic rings. The monoisotopic (exact) mass is 266 g/mol. The molecule has 0 saturated carbocycles. The summed E-state index contributed by atoms with van der Waals surface area (Å²) in [6.45, 7) is 0.260. The average molecular weight is 266 g/mol. The van der Waals surface area contributed by atoms with E-state index >= 15 is 0 Å². The number of nitrogens with zero attached hydrogens (tertiary/aromatic N) is 4. The lowest BCUT2D eigenvalue weighted by Gasteiger charge is -2.16. The number of pyridine rings is 1. The molecule has 0 fully saturated rings. The first-order valence-electron chi connectivity index (χ1n) is 5.52. The maximum Gasteiger partial charge on any atom is 0.257 e. The number of carbonyl (C=O) groups excluding carboxylic acids is 1. The van der Waals surface area contributed by atoms with Crippen LogP contribution in [0.4, 0.5) is 8.78 Å². The van der Waals surface area contributed by atoms with Crippen LogP contribution in [0.3, 0.4) is 0 Å². The lowest BCUT2D eigenvalue weighted by atomic mass is 10.2. The van der Waals surface area contributed by atoms with Crippen molar-refractivity contribution in [1.82, 2.24) is 19.7 Å². The first-order chi connectivity index (χ1) is 8.99. The summed E-state index contributed by atoms with van der Waals surface area (Å²) in [7, 11) is 3.26. The molecule has 0 aliphatic rings. The Morgan fingerprint density at radius 2 is 2.21 bits per heavy atom. The van der Waals surface area contributed by atoms with Crippen LogP contribution in [-0.2, 0) is 13.6 Å². The van der Waals surface area contributed by atoms with Gasteiger partial charge in [0.2, 0.25) is 5.95 Å². The molecule has 0 aliphatic carbocycles. The summed E-state index contributed by atoms with van der Waals surface area (Å²) in [6, 6.07) is 1.15. The highest BCUT2D eigenvalue weighted by Gasteiger charge is 2.19. The zero-order chi connectivity index (χ0) is 14.0. The van der Waals surface area contributed by atoms with Crippen molar-refractivity contribution in [1.29, 1.82) is 0 Å². The summed E-state index contributed by atoms with van der Waals surface area (Å²) in [5.74, 6) is -3.12. The maximum absolute atomic E-state index is 13.5. The van der Waals surface area contributed by atoms with Crippen molar-refractivity contribution < 1.29 is 13.6 Å². The summed E-state index contributed by atoms with van der Waals surface area (Å²) in [5.41, 5.74) is 0.465. The van der Waals surface area contributed by atoms with E-state index in [-0.39, 0.29) is 12.1 Å². The standard InChI is InChI=1S/C12H12F2N4O/c1-17(6-8-5-16-18(2)7-8)12(19)9-3-4-15-11(14)10(9)13/h3-5,7H,6H2,1-2H3. The molecule has 0 spiro atoms. The highest BCUT2D eigenvalue weighted by molar-refractivity contribution is 5.94. The number of halogens is 2. The number of amides is 1. The van der Waals surface area contributed by atoms with Crippen molar-refractivity contribution in [3.05, 3.63) is 47.5 Å². The Morgan fingerprint density at radius 1 is 1.47 bits per heavy atom. The molecule has 100 valence electrons. The minimum atomic E-state index is -1.28. The van der Waals surface area contributed by atoms with E-state index in [1.807, 2.05) is 0 Å². The zero-order valence-electron chi connectivity index (χ0n) is 10.5. The summed E-state index contributed by atoms with van der Waals surface area (Å²) >= 11 is 0. The van der Waals surface area contributed by atoms with Crippen LogP contribution >= 0.6 is 0 Å². The molecule has 0 aliphatic heterocycles. The van der Waals surface area contributed by atoms with Crippen molar-refractivity contribution >= 4 is 5.91 Å². The molecule has 2 aromatic heterocycles. The number of aromatic nitrogens is 3. The number of hydrogen-bond donors (Lipinski definition) is 0. The number of aryl methyl sites for hydroxylation is 1. The Hall–Kier alpha value is -2.31. The van der Waals surface area contributed by atoms with E-state index in [1.54, 1.807) is 24.1 Å². The third-order valence-corrected chi connectivity index (χ3v) is 2.60. The summed E-state index contributed by atoms with van der Waals surface area (Å²) in [4.78, 5) is 16.4. The Bertz CT molecular complexity index is 612. The third kappa shape index (κ3) is 2.75.